The van der Waals surface area contributed by atoms with E-state index in [1.165, 1.54) is 13.2 Å². The fourth-order valence-electron chi connectivity index (χ4n) is 3.26. The number of nitrogens with zero attached hydrogens (tertiary/aromatic N) is 2. The fourth-order valence-corrected chi connectivity index (χ4v) is 3.26. The lowest BCUT2D eigenvalue weighted by Gasteiger charge is -2.13. The van der Waals surface area contributed by atoms with Crippen LogP contribution >= 0.6 is 0 Å². The van der Waals surface area contributed by atoms with Crippen LogP contribution in [0.4, 0.5) is 5.82 Å². The number of ether oxygens (including phenoxy) is 2. The average Bonchev–Trinajstić information content (AvgIpc) is 2.76. The zero-order valence-electron chi connectivity index (χ0n) is 16.8. The number of hydrogen-bond acceptors (Lipinski definition) is 7. The van der Waals surface area contributed by atoms with Gasteiger partial charge in [0.25, 0.3) is 0 Å². The SMILES string of the molecule is CC[C@H](N)COc1cncc(-c2cc3c(cnc4cc(=O)c(OC)cc43)c(N)[nH]2)c1. The Morgan fingerprint density at radius 1 is 1.10 bits per heavy atom. The first-order chi connectivity index (χ1) is 14.5. The van der Waals surface area contributed by atoms with Gasteiger partial charge in [0.1, 0.15) is 18.2 Å². The highest BCUT2D eigenvalue weighted by atomic mass is 16.5. The number of hydrogen-bond donors (Lipinski definition) is 3. The van der Waals surface area contributed by atoms with Crippen LogP contribution in [0.5, 0.6) is 11.5 Å². The molecule has 1 aromatic carbocycles. The molecule has 3 aromatic heterocycles. The largest absolute Gasteiger partial charge is 0.493 e. The number of pyridine rings is 3. The van der Waals surface area contributed by atoms with Gasteiger partial charge >= 0.3 is 0 Å². The van der Waals surface area contributed by atoms with Gasteiger partial charge < -0.3 is 25.9 Å². The predicted molar refractivity (Wildman–Crippen MR) is 118 cm³/mol. The molecular formula is C22H23N5O3. The molecule has 1 atom stereocenters. The highest BCUT2D eigenvalue weighted by Gasteiger charge is 2.12. The summed E-state index contributed by atoms with van der Waals surface area (Å²) in [6.45, 7) is 2.43. The molecule has 0 saturated carbocycles. The van der Waals surface area contributed by atoms with Crippen LogP contribution in [-0.4, -0.2) is 34.7 Å². The van der Waals surface area contributed by atoms with Crippen molar-refractivity contribution in [1.82, 2.24) is 15.0 Å². The number of nitrogens with one attached hydrogen (secondary N) is 1. The van der Waals surface area contributed by atoms with Crippen molar-refractivity contribution in [3.63, 3.8) is 0 Å². The molecule has 5 N–H and O–H groups in total. The van der Waals surface area contributed by atoms with Crippen LogP contribution in [0.15, 0.2) is 47.7 Å². The average molecular weight is 405 g/mol. The predicted octanol–water partition coefficient (Wildman–Crippen LogP) is 2.85. The maximum absolute atomic E-state index is 12.1. The van der Waals surface area contributed by atoms with E-state index in [9.17, 15) is 4.79 Å². The highest BCUT2D eigenvalue weighted by molar-refractivity contribution is 6.10. The minimum Gasteiger partial charge on any atom is -0.493 e. The van der Waals surface area contributed by atoms with Crippen molar-refractivity contribution in [3.8, 4) is 22.8 Å². The van der Waals surface area contributed by atoms with E-state index in [1.807, 2.05) is 19.1 Å². The van der Waals surface area contributed by atoms with Crippen LogP contribution < -0.4 is 26.4 Å². The van der Waals surface area contributed by atoms with Crippen LogP contribution in [0.25, 0.3) is 32.9 Å². The Bertz CT molecular complexity index is 1290. The van der Waals surface area contributed by atoms with E-state index in [0.717, 1.165) is 33.8 Å². The Morgan fingerprint density at radius 2 is 1.93 bits per heavy atom. The van der Waals surface area contributed by atoms with E-state index in [-0.39, 0.29) is 17.2 Å². The topological polar surface area (TPSA) is 129 Å². The Morgan fingerprint density at radius 3 is 2.70 bits per heavy atom. The number of anilines is 1. The number of rotatable bonds is 6. The lowest BCUT2D eigenvalue weighted by molar-refractivity contribution is 0.284. The van der Waals surface area contributed by atoms with E-state index in [2.05, 4.69) is 15.0 Å². The number of benzene rings is 1. The van der Waals surface area contributed by atoms with Crippen LogP contribution in [0.2, 0.25) is 0 Å². The molecule has 30 heavy (non-hydrogen) atoms. The zero-order chi connectivity index (χ0) is 21.3. The van der Waals surface area contributed by atoms with Gasteiger partial charge in [0.2, 0.25) is 5.43 Å². The molecule has 0 amide bonds. The Balaban J connectivity index is 1.84. The van der Waals surface area contributed by atoms with E-state index in [1.54, 1.807) is 24.7 Å². The van der Waals surface area contributed by atoms with Gasteiger partial charge in [0, 0.05) is 46.5 Å². The molecule has 0 saturated heterocycles. The summed E-state index contributed by atoms with van der Waals surface area (Å²) in [4.78, 5) is 23.9. The third-order valence-electron chi connectivity index (χ3n) is 5.06. The molecule has 154 valence electrons. The van der Waals surface area contributed by atoms with Gasteiger partial charge in [-0.3, -0.25) is 14.8 Å². The molecule has 0 bridgehead atoms. The van der Waals surface area contributed by atoms with Gasteiger partial charge in [-0.15, -0.1) is 0 Å². The smallest absolute Gasteiger partial charge is 0.222 e. The first-order valence-corrected chi connectivity index (χ1v) is 9.63. The Hall–Kier alpha value is -3.65. The van der Waals surface area contributed by atoms with E-state index in [4.69, 9.17) is 20.9 Å². The molecule has 4 aromatic rings. The van der Waals surface area contributed by atoms with Gasteiger partial charge in [-0.25, -0.2) is 0 Å². The molecule has 0 aliphatic carbocycles. The minimum atomic E-state index is -0.216. The summed E-state index contributed by atoms with van der Waals surface area (Å²) in [5.41, 5.74) is 14.1. The van der Waals surface area contributed by atoms with Gasteiger partial charge in [0.05, 0.1) is 18.8 Å². The number of methoxy groups -OCH3 is 1. The van der Waals surface area contributed by atoms with Gasteiger partial charge in [-0.1, -0.05) is 6.92 Å². The zero-order valence-corrected chi connectivity index (χ0v) is 16.8. The van der Waals surface area contributed by atoms with Gasteiger partial charge in [0.15, 0.2) is 5.75 Å². The summed E-state index contributed by atoms with van der Waals surface area (Å²) in [6.07, 6.45) is 5.86. The minimum absolute atomic E-state index is 0.0312. The number of fused-ring (bicyclic) bond motifs is 3. The molecule has 8 heteroatoms. The Kier molecular flexibility index (Phi) is 5.24. The second-order valence-electron chi connectivity index (χ2n) is 7.09. The van der Waals surface area contributed by atoms with E-state index >= 15 is 0 Å². The molecule has 4 rings (SSSR count). The number of H-pyrrole nitrogens is 1. The summed E-state index contributed by atoms with van der Waals surface area (Å²) < 4.78 is 11.0. The maximum atomic E-state index is 12.1. The van der Waals surface area contributed by atoms with Crippen molar-refractivity contribution in [2.75, 3.05) is 19.5 Å². The van der Waals surface area contributed by atoms with Crippen LogP contribution in [0.1, 0.15) is 13.3 Å². The quantitative estimate of drug-likeness (QED) is 0.421. The molecule has 0 unspecified atom stereocenters. The summed E-state index contributed by atoms with van der Waals surface area (Å²) in [5.74, 6) is 1.34. The lowest BCUT2D eigenvalue weighted by atomic mass is 10.0. The molecule has 0 fully saturated rings. The molecular weight excluding hydrogens is 382 g/mol. The third kappa shape index (κ3) is 3.65. The fraction of sp³-hybridized carbons (Fsp3) is 0.227. The van der Waals surface area contributed by atoms with Crippen molar-refractivity contribution in [3.05, 3.63) is 53.1 Å². The summed E-state index contributed by atoms with van der Waals surface area (Å²) in [6, 6.07) is 6.97. The maximum Gasteiger partial charge on any atom is 0.222 e. The summed E-state index contributed by atoms with van der Waals surface area (Å²) in [5, 5.41) is 2.38. The highest BCUT2D eigenvalue weighted by Crippen LogP contribution is 2.32. The first-order valence-electron chi connectivity index (χ1n) is 9.63. The van der Waals surface area contributed by atoms with Crippen LogP contribution in [0, 0.1) is 0 Å². The lowest BCUT2D eigenvalue weighted by Crippen LogP contribution is -2.26. The van der Waals surface area contributed by atoms with Crippen molar-refractivity contribution in [1.29, 1.82) is 0 Å². The number of nitrogens with two attached hydrogens (primary N) is 2. The van der Waals surface area contributed by atoms with Gasteiger partial charge in [-0.05, 0) is 30.0 Å². The number of aromatic amines is 1. The Labute approximate surface area is 172 Å². The van der Waals surface area contributed by atoms with E-state index < -0.39 is 0 Å². The van der Waals surface area contributed by atoms with Gasteiger partial charge in [-0.2, -0.15) is 0 Å². The summed E-state index contributed by atoms with van der Waals surface area (Å²) >= 11 is 0. The van der Waals surface area contributed by atoms with Crippen LogP contribution in [-0.2, 0) is 0 Å². The number of aromatic nitrogens is 3. The van der Waals surface area contributed by atoms with Crippen molar-refractivity contribution >= 4 is 27.5 Å². The standard InChI is InChI=1S/C22H23N5O3/c1-3-13(23)11-30-14-4-12(8-25-9-14)18-5-15-16-6-21(29-2)20(28)7-19(16)26-10-17(15)22(24)27-18/h4-10,13,27H,3,11,23-24H2,1-2H3/t13-/m0/s1. The third-order valence-corrected chi connectivity index (χ3v) is 5.06. The molecule has 3 heterocycles. The van der Waals surface area contributed by atoms with E-state index in [0.29, 0.717) is 23.7 Å². The number of nitrogen functional groups attached to an aromatic ring is 1. The van der Waals surface area contributed by atoms with Crippen molar-refractivity contribution in [2.45, 2.75) is 19.4 Å². The second kappa shape index (κ2) is 8.00. The molecule has 0 aliphatic heterocycles. The van der Waals surface area contributed by atoms with Crippen molar-refractivity contribution < 1.29 is 9.47 Å². The second-order valence-corrected chi connectivity index (χ2v) is 7.09. The molecule has 8 nitrogen and oxygen atoms in total. The first kappa shape index (κ1) is 19.7. The monoisotopic (exact) mass is 405 g/mol. The summed E-state index contributed by atoms with van der Waals surface area (Å²) in [7, 11) is 1.47. The van der Waals surface area contributed by atoms with Crippen LogP contribution in [0.3, 0.4) is 0 Å². The normalized spacial score (nSPS) is 12.2. The molecule has 0 radical (unpaired) electrons. The molecule has 0 spiro atoms. The van der Waals surface area contributed by atoms with Crippen molar-refractivity contribution in [2.24, 2.45) is 5.73 Å². The molecule has 0 aliphatic rings.